The molecule has 0 aliphatic carbocycles. The number of hydrogen-bond acceptors (Lipinski definition) is 4. The van der Waals surface area contributed by atoms with E-state index in [0.29, 0.717) is 10.2 Å². The van der Waals surface area contributed by atoms with Gasteiger partial charge < -0.3 is 9.64 Å². The van der Waals surface area contributed by atoms with Crippen LogP contribution in [-0.2, 0) is 10.3 Å². The maximum atomic E-state index is 15.0. The highest BCUT2D eigenvalue weighted by molar-refractivity contribution is 6.31. The number of alkyl halides is 5. The maximum Gasteiger partial charge on any atom is 0.425 e. The first kappa shape index (κ1) is 24.8. The summed E-state index contributed by atoms with van der Waals surface area (Å²) >= 11 is 5.88. The standard InChI is InChI=1S/C21H19ClF6N4O/c1-11-7-15(23)13(8-12(11)5-6-16-14(22)10-32(30-16)18(24)25)20(2)9-17(21(26,27)28)33-19(29-20)31(3)4/h7-8,10,17-18H,9H2,1-4H3. The highest BCUT2D eigenvalue weighted by Crippen LogP contribution is 2.42. The Balaban J connectivity index is 2.08. The maximum absolute atomic E-state index is 15.0. The lowest BCUT2D eigenvalue weighted by Crippen LogP contribution is -2.47. The van der Waals surface area contributed by atoms with Gasteiger partial charge in [-0.1, -0.05) is 17.5 Å². The van der Waals surface area contributed by atoms with Gasteiger partial charge >= 0.3 is 12.7 Å². The number of rotatable bonds is 2. The normalized spacial score (nSPS) is 20.7. The molecular formula is C21H19ClF6N4O. The molecule has 0 amide bonds. The molecule has 0 fully saturated rings. The molecule has 1 aromatic carbocycles. The summed E-state index contributed by atoms with van der Waals surface area (Å²) < 4.78 is 86.3. The number of ether oxygens (including phenoxy) is 1. The molecule has 1 aliphatic rings. The van der Waals surface area contributed by atoms with Crippen LogP contribution in [0.4, 0.5) is 26.3 Å². The number of aryl methyl sites for hydroxylation is 1. The number of hydrogen-bond donors (Lipinski definition) is 0. The minimum Gasteiger partial charge on any atom is -0.452 e. The molecule has 2 atom stereocenters. The predicted octanol–water partition coefficient (Wildman–Crippen LogP) is 5.26. The van der Waals surface area contributed by atoms with Crippen molar-refractivity contribution in [3.8, 4) is 11.8 Å². The molecule has 2 aromatic rings. The molecule has 1 aromatic heterocycles. The van der Waals surface area contributed by atoms with Gasteiger partial charge in [-0.15, -0.1) is 0 Å². The van der Waals surface area contributed by atoms with Crippen LogP contribution in [0.15, 0.2) is 23.3 Å². The van der Waals surface area contributed by atoms with Gasteiger partial charge in [0.2, 0.25) is 0 Å². The SMILES string of the molecule is Cc1cc(F)c(C2(C)CC(C(F)(F)F)OC(N(C)C)=N2)cc1C#Cc1nn(C(F)F)cc1Cl. The molecule has 178 valence electrons. The molecule has 0 saturated carbocycles. The van der Waals surface area contributed by atoms with Crippen molar-refractivity contribution in [2.24, 2.45) is 4.99 Å². The number of aromatic nitrogens is 2. The van der Waals surface area contributed by atoms with Crippen LogP contribution in [0.5, 0.6) is 0 Å². The van der Waals surface area contributed by atoms with Crippen molar-refractivity contribution in [1.82, 2.24) is 14.7 Å². The summed E-state index contributed by atoms with van der Waals surface area (Å²) in [5, 5.41) is 3.48. The fourth-order valence-electron chi connectivity index (χ4n) is 3.27. The van der Waals surface area contributed by atoms with E-state index in [4.69, 9.17) is 16.3 Å². The van der Waals surface area contributed by atoms with Gasteiger partial charge in [0.05, 0.1) is 16.8 Å². The molecule has 2 heterocycles. The van der Waals surface area contributed by atoms with Crippen LogP contribution in [0.25, 0.3) is 0 Å². The Kier molecular flexibility index (Phi) is 6.62. The van der Waals surface area contributed by atoms with Crippen molar-refractivity contribution < 1.29 is 31.1 Å². The van der Waals surface area contributed by atoms with Crippen molar-refractivity contribution in [1.29, 1.82) is 0 Å². The van der Waals surface area contributed by atoms with Crippen LogP contribution in [0, 0.1) is 24.6 Å². The van der Waals surface area contributed by atoms with Gasteiger partial charge in [-0.3, -0.25) is 0 Å². The summed E-state index contributed by atoms with van der Waals surface area (Å²) in [7, 11) is 2.92. The minimum atomic E-state index is -4.69. The first-order valence-corrected chi connectivity index (χ1v) is 9.95. The lowest BCUT2D eigenvalue weighted by Gasteiger charge is -2.38. The molecule has 0 saturated heterocycles. The molecule has 3 rings (SSSR count). The van der Waals surface area contributed by atoms with Crippen LogP contribution in [0.3, 0.4) is 0 Å². The van der Waals surface area contributed by atoms with E-state index in [-0.39, 0.29) is 27.9 Å². The smallest absolute Gasteiger partial charge is 0.425 e. The van der Waals surface area contributed by atoms with Crippen molar-refractivity contribution in [3.05, 3.63) is 51.6 Å². The van der Waals surface area contributed by atoms with Crippen LogP contribution in [-0.4, -0.2) is 47.1 Å². The van der Waals surface area contributed by atoms with E-state index >= 15 is 0 Å². The molecule has 0 bridgehead atoms. The molecule has 0 spiro atoms. The largest absolute Gasteiger partial charge is 0.452 e. The van der Waals surface area contributed by atoms with E-state index < -0.39 is 36.6 Å². The number of nitrogens with zero attached hydrogens (tertiary/aromatic N) is 4. The van der Waals surface area contributed by atoms with Crippen molar-refractivity contribution in [3.63, 3.8) is 0 Å². The van der Waals surface area contributed by atoms with Gasteiger partial charge in [0.1, 0.15) is 5.82 Å². The summed E-state index contributed by atoms with van der Waals surface area (Å²) in [4.78, 5) is 5.51. The minimum absolute atomic E-state index is 0.104. The fourth-order valence-corrected chi connectivity index (χ4v) is 3.46. The monoisotopic (exact) mass is 492 g/mol. The second kappa shape index (κ2) is 8.82. The Morgan fingerprint density at radius 2 is 1.94 bits per heavy atom. The zero-order valence-corrected chi connectivity index (χ0v) is 18.7. The van der Waals surface area contributed by atoms with Crippen molar-refractivity contribution in [2.45, 2.75) is 44.6 Å². The number of aliphatic imine (C=N–C) groups is 1. The molecule has 0 N–H and O–H groups in total. The Hall–Kier alpha value is -2.87. The van der Waals surface area contributed by atoms with Gasteiger partial charge in [0.25, 0.3) is 6.02 Å². The average molecular weight is 493 g/mol. The Morgan fingerprint density at radius 3 is 2.48 bits per heavy atom. The number of amidine groups is 1. The summed E-state index contributed by atoms with van der Waals surface area (Å²) in [6.45, 7) is 0.0236. The average Bonchev–Trinajstić information content (AvgIpc) is 3.07. The number of halogens is 7. The predicted molar refractivity (Wildman–Crippen MR) is 110 cm³/mol. The van der Waals surface area contributed by atoms with Crippen LogP contribution >= 0.6 is 11.6 Å². The molecule has 33 heavy (non-hydrogen) atoms. The van der Waals surface area contributed by atoms with E-state index in [0.717, 1.165) is 12.3 Å². The number of benzene rings is 1. The van der Waals surface area contributed by atoms with Gasteiger partial charge in [-0.25, -0.2) is 14.1 Å². The summed E-state index contributed by atoms with van der Waals surface area (Å²) in [5.41, 5.74) is -1.20. The van der Waals surface area contributed by atoms with Crippen molar-refractivity contribution in [2.75, 3.05) is 14.1 Å². The first-order chi connectivity index (χ1) is 15.2. The molecule has 12 heteroatoms. The molecular weight excluding hydrogens is 474 g/mol. The van der Waals surface area contributed by atoms with Crippen molar-refractivity contribution >= 4 is 17.6 Å². The third kappa shape index (κ3) is 5.21. The Morgan fingerprint density at radius 1 is 1.27 bits per heavy atom. The molecule has 5 nitrogen and oxygen atoms in total. The quantitative estimate of drug-likeness (QED) is 0.424. The molecule has 2 unspecified atom stereocenters. The van der Waals surface area contributed by atoms with Crippen LogP contribution in [0.2, 0.25) is 5.02 Å². The third-order valence-corrected chi connectivity index (χ3v) is 5.29. The summed E-state index contributed by atoms with van der Waals surface area (Å²) in [5.74, 6) is 4.48. The van der Waals surface area contributed by atoms with E-state index in [9.17, 15) is 26.3 Å². The van der Waals surface area contributed by atoms with E-state index in [1.807, 2.05) is 0 Å². The van der Waals surface area contributed by atoms with E-state index in [2.05, 4.69) is 21.9 Å². The summed E-state index contributed by atoms with van der Waals surface area (Å²) in [6.07, 6.45) is -6.62. The second-order valence-corrected chi connectivity index (χ2v) is 8.30. The van der Waals surface area contributed by atoms with Crippen LogP contribution < -0.4 is 0 Å². The van der Waals surface area contributed by atoms with Gasteiger partial charge in [-0.2, -0.15) is 27.1 Å². The molecule has 1 aliphatic heterocycles. The second-order valence-electron chi connectivity index (χ2n) is 7.90. The summed E-state index contributed by atoms with van der Waals surface area (Å²) in [6, 6.07) is 2.14. The zero-order valence-electron chi connectivity index (χ0n) is 17.9. The third-order valence-electron chi connectivity index (χ3n) is 5.02. The lowest BCUT2D eigenvalue weighted by atomic mass is 9.84. The van der Waals surface area contributed by atoms with Gasteiger partial charge in [0.15, 0.2) is 11.8 Å². The zero-order chi connectivity index (χ0) is 24.7. The molecule has 0 radical (unpaired) electrons. The Labute approximate surface area is 191 Å². The Bertz CT molecular complexity index is 1150. The van der Waals surface area contributed by atoms with E-state index in [1.54, 1.807) is 6.92 Å². The highest BCUT2D eigenvalue weighted by atomic mass is 35.5. The lowest BCUT2D eigenvalue weighted by molar-refractivity contribution is -0.210. The van der Waals surface area contributed by atoms with Crippen LogP contribution in [0.1, 0.15) is 42.3 Å². The fraction of sp³-hybridized carbons (Fsp3) is 0.429. The topological polar surface area (TPSA) is 42.6 Å². The van der Waals surface area contributed by atoms with Gasteiger partial charge in [0, 0.05) is 31.6 Å². The van der Waals surface area contributed by atoms with Gasteiger partial charge in [-0.05, 0) is 37.5 Å². The first-order valence-electron chi connectivity index (χ1n) is 9.57. The van der Waals surface area contributed by atoms with E-state index in [1.165, 1.54) is 32.0 Å². The highest BCUT2D eigenvalue weighted by Gasteiger charge is 2.50.